The molecular weight excluding hydrogens is 293 g/mol. The molecule has 0 atom stereocenters. The van der Waals surface area contributed by atoms with Crippen LogP contribution in [0.3, 0.4) is 0 Å². The fourth-order valence-electron chi connectivity index (χ4n) is 2.54. The van der Waals surface area contributed by atoms with Crippen molar-refractivity contribution in [1.29, 1.82) is 0 Å². The van der Waals surface area contributed by atoms with Crippen LogP contribution in [0.25, 0.3) is 0 Å². The van der Waals surface area contributed by atoms with E-state index in [9.17, 15) is 14.5 Å². The Morgan fingerprint density at radius 3 is 2.43 bits per heavy atom. The molecule has 0 saturated carbocycles. The zero-order chi connectivity index (χ0) is 15.9. The summed E-state index contributed by atoms with van der Waals surface area (Å²) in [6, 6.07) is 3.73. The van der Waals surface area contributed by atoms with E-state index in [2.05, 4.69) is 26.5 Å². The van der Waals surface area contributed by atoms with Crippen molar-refractivity contribution in [2.45, 2.75) is 39.5 Å². The molecule has 0 heterocycles. The van der Waals surface area contributed by atoms with E-state index in [1.54, 1.807) is 0 Å². The van der Waals surface area contributed by atoms with Gasteiger partial charge in [0.25, 0.3) is 0 Å². The molecule has 1 aromatic rings. The third-order valence-electron chi connectivity index (χ3n) is 3.56. The zero-order valence-electron chi connectivity index (χ0n) is 12.5. The Bertz CT molecular complexity index is 476. The lowest BCUT2D eigenvalue weighted by Crippen LogP contribution is -2.31. The molecule has 21 heavy (non-hydrogen) atoms. The molecule has 118 valence electrons. The molecule has 6 heteroatoms. The van der Waals surface area contributed by atoms with Gasteiger partial charge in [0.1, 0.15) is 0 Å². The maximum absolute atomic E-state index is 13.8. The standard InChI is InChI=1S/C15H22FNO3S/c1-3-8-15(11-21,9-4-2)10-20-14-12(16)6-5-7-13(14)17(18)19/h5-7,21H,3-4,8-11H2,1-2H3. The van der Waals surface area contributed by atoms with Gasteiger partial charge in [0.15, 0.2) is 5.82 Å². The van der Waals surface area contributed by atoms with Gasteiger partial charge in [-0.1, -0.05) is 32.8 Å². The van der Waals surface area contributed by atoms with Crippen LogP contribution in [0.4, 0.5) is 10.1 Å². The quantitative estimate of drug-likeness (QED) is 0.411. The van der Waals surface area contributed by atoms with Crippen molar-refractivity contribution in [3.8, 4) is 5.75 Å². The number of nitrogens with zero attached hydrogens (tertiary/aromatic N) is 1. The summed E-state index contributed by atoms with van der Waals surface area (Å²) in [5.41, 5.74) is -0.515. The molecule has 0 N–H and O–H groups in total. The van der Waals surface area contributed by atoms with Crippen LogP contribution >= 0.6 is 12.6 Å². The number of nitro groups is 1. The minimum absolute atomic E-state index is 0.178. The lowest BCUT2D eigenvalue weighted by Gasteiger charge is -2.31. The van der Waals surface area contributed by atoms with Crippen molar-refractivity contribution in [2.24, 2.45) is 5.41 Å². The second kappa shape index (κ2) is 8.22. The van der Waals surface area contributed by atoms with E-state index >= 15 is 0 Å². The maximum atomic E-state index is 13.8. The highest BCUT2D eigenvalue weighted by molar-refractivity contribution is 7.80. The average Bonchev–Trinajstić information content (AvgIpc) is 2.45. The Hall–Kier alpha value is -1.30. The summed E-state index contributed by atoms with van der Waals surface area (Å²) in [7, 11) is 0. The SMILES string of the molecule is CCCC(CS)(CCC)COc1c(F)cccc1[N+](=O)[O-]. The van der Waals surface area contributed by atoms with E-state index in [0.29, 0.717) is 5.75 Å². The van der Waals surface area contributed by atoms with Crippen LogP contribution in [-0.2, 0) is 0 Å². The van der Waals surface area contributed by atoms with Gasteiger partial charge in [-0.25, -0.2) is 4.39 Å². The van der Waals surface area contributed by atoms with Crippen LogP contribution in [0.2, 0.25) is 0 Å². The van der Waals surface area contributed by atoms with Crippen molar-refractivity contribution in [1.82, 2.24) is 0 Å². The van der Waals surface area contributed by atoms with E-state index < -0.39 is 10.7 Å². The largest absolute Gasteiger partial charge is 0.484 e. The highest BCUT2D eigenvalue weighted by Crippen LogP contribution is 2.35. The van der Waals surface area contributed by atoms with Gasteiger partial charge in [0.05, 0.1) is 11.5 Å². The second-order valence-corrected chi connectivity index (χ2v) is 5.61. The molecule has 0 fully saturated rings. The van der Waals surface area contributed by atoms with Gasteiger partial charge >= 0.3 is 5.69 Å². The maximum Gasteiger partial charge on any atom is 0.314 e. The molecule has 0 radical (unpaired) electrons. The number of halogens is 1. The van der Waals surface area contributed by atoms with E-state index in [1.165, 1.54) is 18.2 Å². The first-order valence-corrected chi connectivity index (χ1v) is 7.79. The fourth-order valence-corrected chi connectivity index (χ4v) is 2.95. The molecule has 1 aromatic carbocycles. The van der Waals surface area contributed by atoms with Crippen molar-refractivity contribution in [2.75, 3.05) is 12.4 Å². The topological polar surface area (TPSA) is 52.4 Å². The van der Waals surface area contributed by atoms with E-state index in [1.807, 2.05) is 0 Å². The predicted molar refractivity (Wildman–Crippen MR) is 84.7 cm³/mol. The van der Waals surface area contributed by atoms with Crippen molar-refractivity contribution >= 4 is 18.3 Å². The number of benzene rings is 1. The third kappa shape index (κ3) is 4.59. The number of para-hydroxylation sites is 1. The smallest absolute Gasteiger partial charge is 0.314 e. The van der Waals surface area contributed by atoms with E-state index in [4.69, 9.17) is 4.74 Å². The molecule has 0 aliphatic heterocycles. The summed E-state index contributed by atoms with van der Waals surface area (Å²) in [5, 5.41) is 11.0. The Labute approximate surface area is 130 Å². The van der Waals surface area contributed by atoms with Gasteiger partial charge in [-0.15, -0.1) is 0 Å². The van der Waals surface area contributed by atoms with Crippen molar-refractivity contribution < 1.29 is 14.1 Å². The van der Waals surface area contributed by atoms with Gasteiger partial charge in [0, 0.05) is 11.5 Å². The normalized spacial score (nSPS) is 11.4. The van der Waals surface area contributed by atoms with Crippen LogP contribution in [0, 0.1) is 21.3 Å². The van der Waals surface area contributed by atoms with E-state index in [-0.39, 0.29) is 23.5 Å². The molecule has 0 spiro atoms. The number of thiol groups is 1. The highest BCUT2D eigenvalue weighted by Gasteiger charge is 2.30. The Balaban J connectivity index is 2.97. The Morgan fingerprint density at radius 1 is 1.33 bits per heavy atom. The average molecular weight is 315 g/mol. The summed E-state index contributed by atoms with van der Waals surface area (Å²) < 4.78 is 19.3. The van der Waals surface area contributed by atoms with Gasteiger partial charge in [0.2, 0.25) is 5.75 Å². The van der Waals surface area contributed by atoms with Crippen LogP contribution in [0.5, 0.6) is 5.75 Å². The molecular formula is C15H22FNO3S. The minimum atomic E-state index is -0.703. The number of nitro benzene ring substituents is 1. The molecule has 0 aliphatic rings. The third-order valence-corrected chi connectivity index (χ3v) is 4.23. The van der Waals surface area contributed by atoms with Crippen molar-refractivity contribution in [3.05, 3.63) is 34.1 Å². The molecule has 0 saturated heterocycles. The fraction of sp³-hybridized carbons (Fsp3) is 0.600. The van der Waals surface area contributed by atoms with Crippen LogP contribution in [0.15, 0.2) is 18.2 Å². The van der Waals surface area contributed by atoms with E-state index in [0.717, 1.165) is 25.7 Å². The monoisotopic (exact) mass is 315 g/mol. The first-order valence-electron chi connectivity index (χ1n) is 7.16. The van der Waals surface area contributed by atoms with Crippen LogP contribution in [0.1, 0.15) is 39.5 Å². The molecule has 0 aliphatic carbocycles. The zero-order valence-corrected chi connectivity index (χ0v) is 13.4. The van der Waals surface area contributed by atoms with Crippen molar-refractivity contribution in [3.63, 3.8) is 0 Å². The predicted octanol–water partition coefficient (Wildman–Crippen LogP) is 4.63. The van der Waals surface area contributed by atoms with Gasteiger partial charge in [-0.3, -0.25) is 10.1 Å². The molecule has 1 rings (SSSR count). The molecule has 0 bridgehead atoms. The first-order chi connectivity index (χ1) is 9.99. The number of hydrogen-bond donors (Lipinski definition) is 1. The number of rotatable bonds is 9. The summed E-state index contributed by atoms with van der Waals surface area (Å²) >= 11 is 4.40. The molecule has 0 aromatic heterocycles. The molecule has 0 unspecified atom stereocenters. The Kier molecular flexibility index (Phi) is 6.95. The summed E-state index contributed by atoms with van der Waals surface area (Å²) in [6.07, 6.45) is 3.71. The van der Waals surface area contributed by atoms with Crippen LogP contribution < -0.4 is 4.74 Å². The van der Waals surface area contributed by atoms with Gasteiger partial charge in [-0.2, -0.15) is 12.6 Å². The number of hydrogen-bond acceptors (Lipinski definition) is 4. The number of ether oxygens (including phenoxy) is 1. The lowest BCUT2D eigenvalue weighted by molar-refractivity contribution is -0.386. The summed E-state index contributed by atoms with van der Waals surface area (Å²) in [5.74, 6) is -0.372. The lowest BCUT2D eigenvalue weighted by atomic mass is 9.82. The highest BCUT2D eigenvalue weighted by atomic mass is 32.1. The van der Waals surface area contributed by atoms with Gasteiger partial charge < -0.3 is 4.74 Å². The summed E-state index contributed by atoms with van der Waals surface area (Å²) in [4.78, 5) is 10.3. The second-order valence-electron chi connectivity index (χ2n) is 5.29. The van der Waals surface area contributed by atoms with Crippen LogP contribution in [-0.4, -0.2) is 17.3 Å². The molecule has 0 amide bonds. The Morgan fingerprint density at radius 2 is 1.95 bits per heavy atom. The molecule has 4 nitrogen and oxygen atoms in total. The van der Waals surface area contributed by atoms with Gasteiger partial charge in [-0.05, 0) is 24.7 Å². The minimum Gasteiger partial charge on any atom is -0.484 e. The summed E-state index contributed by atoms with van der Waals surface area (Å²) in [6.45, 7) is 4.37. The first kappa shape index (κ1) is 17.8.